The Bertz CT molecular complexity index is 1760. The van der Waals surface area contributed by atoms with Crippen molar-refractivity contribution in [2.75, 3.05) is 19.7 Å². The fraction of sp³-hybridized carbons (Fsp3) is 0.316. The first kappa shape index (κ1) is 26.6. The van der Waals surface area contributed by atoms with Crippen LogP contribution < -0.4 is 9.47 Å². The number of hydrogen-bond acceptors (Lipinski definition) is 4. The molecule has 0 N–H and O–H groups in total. The zero-order chi connectivity index (χ0) is 29.2. The van der Waals surface area contributed by atoms with Gasteiger partial charge >= 0.3 is 0 Å². The van der Waals surface area contributed by atoms with Gasteiger partial charge in [-0.2, -0.15) is 0 Å². The molecule has 0 radical (unpaired) electrons. The lowest BCUT2D eigenvalue weighted by molar-refractivity contribution is -0.197. The average Bonchev–Trinajstić information content (AvgIpc) is 3.54. The Balaban J connectivity index is 1.39. The third kappa shape index (κ3) is 3.52. The van der Waals surface area contributed by atoms with E-state index in [0.29, 0.717) is 13.2 Å². The fourth-order valence-electron chi connectivity index (χ4n) is 8.95. The SMILES string of the molecule is C=CCO[C@@]12Cc3c(n(CC=C)c4ccccc34)[C@@H]3Oc4c(OCc5ccccc5)ccc5c4[C@@]31CCN(CC=C)[C@H]2C5. The van der Waals surface area contributed by atoms with Gasteiger partial charge in [0.25, 0.3) is 0 Å². The number of ether oxygens (including phenoxy) is 3. The fourth-order valence-corrected chi connectivity index (χ4v) is 8.95. The van der Waals surface area contributed by atoms with Gasteiger partial charge in [-0.15, -0.1) is 19.7 Å². The van der Waals surface area contributed by atoms with Crippen LogP contribution in [-0.2, 0) is 36.1 Å². The molecule has 3 aromatic carbocycles. The van der Waals surface area contributed by atoms with E-state index in [4.69, 9.17) is 14.2 Å². The molecule has 1 fully saturated rings. The summed E-state index contributed by atoms with van der Waals surface area (Å²) in [6.45, 7) is 15.8. The van der Waals surface area contributed by atoms with E-state index in [1.807, 2.05) is 24.3 Å². The highest BCUT2D eigenvalue weighted by Crippen LogP contribution is 2.70. The maximum absolute atomic E-state index is 7.32. The summed E-state index contributed by atoms with van der Waals surface area (Å²) in [6, 6.07) is 23.7. The molecule has 1 saturated heterocycles. The molecule has 2 aliphatic carbocycles. The quantitative estimate of drug-likeness (QED) is 0.191. The van der Waals surface area contributed by atoms with Crippen LogP contribution in [0.5, 0.6) is 11.5 Å². The van der Waals surface area contributed by atoms with Crippen molar-refractivity contribution < 1.29 is 14.2 Å². The lowest BCUT2D eigenvalue weighted by Crippen LogP contribution is -2.75. The Hall–Kier alpha value is -4.06. The zero-order valence-electron chi connectivity index (χ0n) is 24.6. The Labute approximate surface area is 253 Å². The number of nitrogens with zero attached hydrogens (tertiary/aromatic N) is 2. The number of benzene rings is 3. The Morgan fingerprint density at radius 2 is 1.74 bits per heavy atom. The van der Waals surface area contributed by atoms with Gasteiger partial charge in [-0.1, -0.05) is 72.8 Å². The monoisotopic (exact) mass is 570 g/mol. The Morgan fingerprint density at radius 3 is 2.56 bits per heavy atom. The summed E-state index contributed by atoms with van der Waals surface area (Å²) < 4.78 is 23.5. The molecular weight excluding hydrogens is 532 g/mol. The van der Waals surface area contributed by atoms with E-state index in [1.165, 1.54) is 33.3 Å². The third-order valence-corrected chi connectivity index (χ3v) is 10.5. The van der Waals surface area contributed by atoms with Crippen LogP contribution in [0.15, 0.2) is 105 Å². The maximum atomic E-state index is 7.32. The number of rotatable bonds is 10. The summed E-state index contributed by atoms with van der Waals surface area (Å²) in [7, 11) is 0. The highest BCUT2D eigenvalue weighted by atomic mass is 16.5. The van der Waals surface area contributed by atoms with Crippen LogP contribution in [0.25, 0.3) is 10.9 Å². The van der Waals surface area contributed by atoms with Crippen LogP contribution in [-0.4, -0.2) is 40.8 Å². The second kappa shape index (κ2) is 10.0. The molecule has 4 atom stereocenters. The summed E-state index contributed by atoms with van der Waals surface area (Å²) in [5.74, 6) is 1.70. The smallest absolute Gasteiger partial charge is 0.166 e. The molecule has 8 rings (SSSR count). The van der Waals surface area contributed by atoms with Gasteiger partial charge in [-0.05, 0) is 41.7 Å². The minimum Gasteiger partial charge on any atom is -0.485 e. The second-order valence-electron chi connectivity index (χ2n) is 12.4. The topological polar surface area (TPSA) is 35.9 Å². The standard InChI is InChI=1S/C38H38N2O3/c1-4-19-39-21-18-37-33-27-16-17-31(41-25-26-12-8-7-9-13-26)35(33)43-36(37)34-29(24-38(37,32(39)23-27)42-22-6-3)28-14-10-11-15-30(28)40(34)20-5-2/h4-17,32,36H,1-3,18-25H2/t32-,36-,37-,38+/m0/s1. The van der Waals surface area contributed by atoms with E-state index in [0.717, 1.165) is 56.0 Å². The zero-order valence-corrected chi connectivity index (χ0v) is 24.6. The summed E-state index contributed by atoms with van der Waals surface area (Å²) in [4.78, 5) is 2.59. The van der Waals surface area contributed by atoms with E-state index < -0.39 is 5.60 Å². The van der Waals surface area contributed by atoms with Crippen molar-refractivity contribution in [3.63, 3.8) is 0 Å². The lowest BCUT2D eigenvalue weighted by atomic mass is 9.48. The molecular formula is C38H38N2O3. The molecule has 1 aromatic heterocycles. The number of hydrogen-bond donors (Lipinski definition) is 0. The van der Waals surface area contributed by atoms with Crippen LogP contribution >= 0.6 is 0 Å². The average molecular weight is 571 g/mol. The van der Waals surface area contributed by atoms with Crippen LogP contribution in [0.2, 0.25) is 0 Å². The molecule has 4 aromatic rings. The van der Waals surface area contributed by atoms with Crippen LogP contribution in [0.3, 0.4) is 0 Å². The number of likely N-dealkylation sites (tertiary alicyclic amines) is 1. The minimum atomic E-state index is -0.500. The molecule has 2 bridgehead atoms. The molecule has 0 unspecified atom stereocenters. The van der Waals surface area contributed by atoms with Gasteiger partial charge in [0.2, 0.25) is 0 Å². The first-order valence-corrected chi connectivity index (χ1v) is 15.5. The predicted molar refractivity (Wildman–Crippen MR) is 171 cm³/mol. The number of allylic oxidation sites excluding steroid dienone is 1. The van der Waals surface area contributed by atoms with Crippen molar-refractivity contribution in [3.8, 4) is 11.5 Å². The first-order valence-electron chi connectivity index (χ1n) is 15.5. The normalized spacial score (nSPS) is 26.3. The van der Waals surface area contributed by atoms with Crippen molar-refractivity contribution in [1.29, 1.82) is 0 Å². The number of fused-ring (bicyclic) bond motifs is 4. The van der Waals surface area contributed by atoms with Crippen molar-refractivity contribution in [2.45, 2.75) is 55.6 Å². The Morgan fingerprint density at radius 1 is 0.930 bits per heavy atom. The van der Waals surface area contributed by atoms with Crippen molar-refractivity contribution in [2.24, 2.45) is 0 Å². The molecule has 43 heavy (non-hydrogen) atoms. The van der Waals surface area contributed by atoms with Crippen molar-refractivity contribution >= 4 is 10.9 Å². The summed E-state index contributed by atoms with van der Waals surface area (Å²) >= 11 is 0. The number of aromatic nitrogens is 1. The number of para-hydroxylation sites is 1. The van der Waals surface area contributed by atoms with Gasteiger partial charge < -0.3 is 18.8 Å². The van der Waals surface area contributed by atoms with E-state index >= 15 is 0 Å². The van der Waals surface area contributed by atoms with Crippen LogP contribution in [0.1, 0.15) is 40.5 Å². The molecule has 0 amide bonds. The lowest BCUT2D eigenvalue weighted by Gasteiger charge is -2.64. The summed E-state index contributed by atoms with van der Waals surface area (Å²) in [5, 5.41) is 1.27. The van der Waals surface area contributed by atoms with Gasteiger partial charge in [0.05, 0.1) is 17.7 Å². The van der Waals surface area contributed by atoms with Crippen LogP contribution in [0, 0.1) is 0 Å². The summed E-state index contributed by atoms with van der Waals surface area (Å²) in [5.41, 5.74) is 6.71. The van der Waals surface area contributed by atoms with E-state index in [1.54, 1.807) is 0 Å². The second-order valence-corrected chi connectivity index (χ2v) is 12.4. The highest BCUT2D eigenvalue weighted by molar-refractivity contribution is 5.87. The van der Waals surface area contributed by atoms with Gasteiger partial charge in [0, 0.05) is 48.6 Å². The van der Waals surface area contributed by atoms with Crippen molar-refractivity contribution in [3.05, 3.63) is 133 Å². The van der Waals surface area contributed by atoms with E-state index in [9.17, 15) is 0 Å². The van der Waals surface area contributed by atoms with Gasteiger partial charge in [0.15, 0.2) is 17.6 Å². The van der Waals surface area contributed by atoms with Gasteiger partial charge in [-0.3, -0.25) is 4.90 Å². The van der Waals surface area contributed by atoms with Crippen molar-refractivity contribution in [1.82, 2.24) is 9.47 Å². The van der Waals surface area contributed by atoms with Gasteiger partial charge in [-0.25, -0.2) is 0 Å². The molecule has 4 aliphatic rings. The molecule has 1 spiro atoms. The molecule has 5 nitrogen and oxygen atoms in total. The summed E-state index contributed by atoms with van der Waals surface area (Å²) in [6.07, 6.45) is 8.36. The van der Waals surface area contributed by atoms with Crippen LogP contribution in [0.4, 0.5) is 0 Å². The first-order chi connectivity index (χ1) is 21.2. The van der Waals surface area contributed by atoms with Gasteiger partial charge in [0.1, 0.15) is 12.2 Å². The molecule has 3 heterocycles. The maximum Gasteiger partial charge on any atom is 0.166 e. The molecule has 2 aliphatic heterocycles. The third-order valence-electron chi connectivity index (χ3n) is 10.5. The highest BCUT2D eigenvalue weighted by Gasteiger charge is 2.74. The molecule has 0 saturated carbocycles. The largest absolute Gasteiger partial charge is 0.485 e. The Kier molecular flexibility index (Phi) is 6.18. The minimum absolute atomic E-state index is 0.175. The van der Waals surface area contributed by atoms with E-state index in [-0.39, 0.29) is 17.6 Å². The van der Waals surface area contributed by atoms with E-state index in [2.05, 4.69) is 89.9 Å². The molecule has 218 valence electrons. The number of piperidine rings is 1. The molecule has 5 heteroatoms. The predicted octanol–water partition coefficient (Wildman–Crippen LogP) is 7.09.